The van der Waals surface area contributed by atoms with Crippen LogP contribution < -0.4 is 0 Å². The first-order valence-electron chi connectivity index (χ1n) is 3.38. The minimum absolute atomic E-state index is 0.284. The lowest BCUT2D eigenvalue weighted by atomic mass is 9.92. The van der Waals surface area contributed by atoms with Crippen molar-refractivity contribution in [1.82, 2.24) is 0 Å². The predicted molar refractivity (Wildman–Crippen MR) is 38.3 cm³/mol. The highest BCUT2D eigenvalue weighted by atomic mass is 16.7. The Morgan fingerprint density at radius 2 is 2.40 bits per heavy atom. The summed E-state index contributed by atoms with van der Waals surface area (Å²) in [5.74, 6) is 2.91. The topological polar surface area (TPSA) is 18.5 Å². The monoisotopic (exact) mass is 140 g/mol. The normalized spacial score (nSPS) is 40.7. The molecule has 1 rings (SSSR count). The van der Waals surface area contributed by atoms with E-state index in [0.717, 1.165) is 0 Å². The standard InChI is InChI=1S/C8H12O2/c1-4-8(3)7(2)5-9-6-10-8/h1,7H,5-6H2,2-3H3. The van der Waals surface area contributed by atoms with Crippen molar-refractivity contribution in [3.63, 3.8) is 0 Å². The van der Waals surface area contributed by atoms with Gasteiger partial charge in [-0.1, -0.05) is 12.8 Å². The lowest BCUT2D eigenvalue weighted by Gasteiger charge is -2.34. The van der Waals surface area contributed by atoms with Crippen molar-refractivity contribution in [2.24, 2.45) is 5.92 Å². The van der Waals surface area contributed by atoms with Crippen LogP contribution in [0.1, 0.15) is 13.8 Å². The highest BCUT2D eigenvalue weighted by Crippen LogP contribution is 2.24. The van der Waals surface area contributed by atoms with E-state index in [1.54, 1.807) is 0 Å². The summed E-state index contributed by atoms with van der Waals surface area (Å²) in [6.07, 6.45) is 5.30. The van der Waals surface area contributed by atoms with E-state index in [4.69, 9.17) is 15.9 Å². The van der Waals surface area contributed by atoms with E-state index in [9.17, 15) is 0 Å². The first-order valence-corrected chi connectivity index (χ1v) is 3.38. The van der Waals surface area contributed by atoms with Crippen molar-refractivity contribution in [3.8, 4) is 12.3 Å². The van der Waals surface area contributed by atoms with E-state index in [0.29, 0.717) is 13.4 Å². The van der Waals surface area contributed by atoms with Gasteiger partial charge in [0.05, 0.1) is 6.61 Å². The summed E-state index contributed by atoms with van der Waals surface area (Å²) in [5.41, 5.74) is -0.418. The van der Waals surface area contributed by atoms with Crippen LogP contribution in [0.15, 0.2) is 0 Å². The first-order chi connectivity index (χ1) is 4.69. The van der Waals surface area contributed by atoms with Crippen LogP contribution in [0.25, 0.3) is 0 Å². The minimum atomic E-state index is -0.418. The van der Waals surface area contributed by atoms with E-state index in [1.807, 2.05) is 13.8 Å². The SMILES string of the molecule is C#CC1(C)OCOCC1C. The van der Waals surface area contributed by atoms with Gasteiger partial charge in [0.1, 0.15) is 12.4 Å². The lowest BCUT2D eigenvalue weighted by Crippen LogP contribution is -2.42. The maximum Gasteiger partial charge on any atom is 0.148 e. The van der Waals surface area contributed by atoms with Gasteiger partial charge in [-0.2, -0.15) is 0 Å². The fourth-order valence-electron chi connectivity index (χ4n) is 0.874. The van der Waals surface area contributed by atoms with Crippen LogP contribution in [-0.4, -0.2) is 19.0 Å². The van der Waals surface area contributed by atoms with Crippen LogP contribution in [0.3, 0.4) is 0 Å². The summed E-state index contributed by atoms with van der Waals surface area (Å²) in [6.45, 7) is 4.96. The summed E-state index contributed by atoms with van der Waals surface area (Å²) < 4.78 is 10.3. The molecule has 2 nitrogen and oxygen atoms in total. The van der Waals surface area contributed by atoms with E-state index in [2.05, 4.69) is 5.92 Å². The Balaban J connectivity index is 2.65. The third kappa shape index (κ3) is 1.16. The molecule has 0 amide bonds. The number of hydrogen-bond acceptors (Lipinski definition) is 2. The molecule has 2 heteroatoms. The number of rotatable bonds is 0. The van der Waals surface area contributed by atoms with Crippen molar-refractivity contribution in [1.29, 1.82) is 0 Å². The van der Waals surface area contributed by atoms with Gasteiger partial charge in [-0.3, -0.25) is 0 Å². The average molecular weight is 140 g/mol. The molecule has 0 radical (unpaired) electrons. The lowest BCUT2D eigenvalue weighted by molar-refractivity contribution is -0.189. The van der Waals surface area contributed by atoms with Gasteiger partial charge in [0.25, 0.3) is 0 Å². The van der Waals surface area contributed by atoms with Crippen molar-refractivity contribution in [3.05, 3.63) is 0 Å². The second-order valence-corrected chi connectivity index (χ2v) is 2.79. The van der Waals surface area contributed by atoms with E-state index in [-0.39, 0.29) is 5.92 Å². The minimum Gasteiger partial charge on any atom is -0.355 e. The molecule has 0 spiro atoms. The molecule has 0 saturated carbocycles. The van der Waals surface area contributed by atoms with E-state index >= 15 is 0 Å². The molecule has 0 bridgehead atoms. The Morgan fingerprint density at radius 1 is 1.70 bits per heavy atom. The molecule has 1 fully saturated rings. The van der Waals surface area contributed by atoms with Gasteiger partial charge in [-0.25, -0.2) is 0 Å². The second-order valence-electron chi connectivity index (χ2n) is 2.79. The first kappa shape index (κ1) is 7.59. The molecule has 1 aliphatic rings. The Morgan fingerprint density at radius 3 is 2.80 bits per heavy atom. The molecule has 1 heterocycles. The van der Waals surface area contributed by atoms with Gasteiger partial charge >= 0.3 is 0 Å². The molecule has 1 saturated heterocycles. The Hall–Kier alpha value is -0.520. The van der Waals surface area contributed by atoms with Crippen molar-refractivity contribution in [2.75, 3.05) is 13.4 Å². The van der Waals surface area contributed by atoms with Gasteiger partial charge in [-0.15, -0.1) is 6.42 Å². The smallest absolute Gasteiger partial charge is 0.148 e. The van der Waals surface area contributed by atoms with Crippen LogP contribution in [-0.2, 0) is 9.47 Å². The second kappa shape index (κ2) is 2.61. The van der Waals surface area contributed by atoms with Gasteiger partial charge in [0, 0.05) is 5.92 Å². The zero-order chi connectivity index (χ0) is 7.61. The van der Waals surface area contributed by atoms with Crippen LogP contribution in [0.4, 0.5) is 0 Å². The summed E-state index contributed by atoms with van der Waals surface area (Å²) in [5, 5.41) is 0. The fourth-order valence-corrected chi connectivity index (χ4v) is 0.874. The third-order valence-electron chi connectivity index (χ3n) is 2.04. The van der Waals surface area contributed by atoms with Crippen molar-refractivity contribution in [2.45, 2.75) is 19.4 Å². The van der Waals surface area contributed by atoms with Gasteiger partial charge in [-0.05, 0) is 6.92 Å². The molecule has 2 unspecified atom stereocenters. The van der Waals surface area contributed by atoms with Crippen molar-refractivity contribution < 1.29 is 9.47 Å². The number of terminal acetylenes is 1. The summed E-state index contributed by atoms with van der Waals surface area (Å²) in [7, 11) is 0. The molecule has 0 aromatic heterocycles. The predicted octanol–water partition coefficient (Wildman–Crippen LogP) is 1.02. The zero-order valence-corrected chi connectivity index (χ0v) is 6.39. The van der Waals surface area contributed by atoms with Crippen molar-refractivity contribution >= 4 is 0 Å². The molecule has 10 heavy (non-hydrogen) atoms. The number of hydrogen-bond donors (Lipinski definition) is 0. The van der Waals surface area contributed by atoms with Crippen LogP contribution in [0.5, 0.6) is 0 Å². The van der Waals surface area contributed by atoms with Gasteiger partial charge < -0.3 is 9.47 Å². The van der Waals surface area contributed by atoms with Crippen LogP contribution in [0, 0.1) is 18.3 Å². The molecule has 1 aliphatic heterocycles. The highest BCUT2D eigenvalue weighted by Gasteiger charge is 2.33. The maximum atomic E-state index is 5.30. The number of ether oxygens (including phenoxy) is 2. The molecular formula is C8H12O2. The summed E-state index contributed by atoms with van der Waals surface area (Å²) in [6, 6.07) is 0. The van der Waals surface area contributed by atoms with E-state index < -0.39 is 5.60 Å². The molecule has 0 N–H and O–H groups in total. The van der Waals surface area contributed by atoms with Crippen LogP contribution in [0.2, 0.25) is 0 Å². The van der Waals surface area contributed by atoms with E-state index in [1.165, 1.54) is 0 Å². The van der Waals surface area contributed by atoms with Gasteiger partial charge in [0.2, 0.25) is 0 Å². The molecule has 0 aromatic rings. The molecule has 2 atom stereocenters. The Labute approximate surface area is 61.5 Å². The Kier molecular flexibility index (Phi) is 1.98. The molecule has 56 valence electrons. The Bertz CT molecular complexity index is 159. The quantitative estimate of drug-likeness (QED) is 0.468. The summed E-state index contributed by atoms with van der Waals surface area (Å²) in [4.78, 5) is 0. The molecular weight excluding hydrogens is 128 g/mol. The van der Waals surface area contributed by atoms with Gasteiger partial charge in [0.15, 0.2) is 0 Å². The molecule has 0 aromatic carbocycles. The fraction of sp³-hybridized carbons (Fsp3) is 0.750. The maximum absolute atomic E-state index is 5.30. The van der Waals surface area contributed by atoms with Crippen LogP contribution >= 0.6 is 0 Å². The third-order valence-corrected chi connectivity index (χ3v) is 2.04. The average Bonchev–Trinajstić information content (AvgIpc) is 1.96. The highest BCUT2D eigenvalue weighted by molar-refractivity contribution is 5.09. The molecule has 0 aliphatic carbocycles. The zero-order valence-electron chi connectivity index (χ0n) is 6.39. The summed E-state index contributed by atoms with van der Waals surface area (Å²) >= 11 is 0. The largest absolute Gasteiger partial charge is 0.355 e.